The van der Waals surface area contributed by atoms with Crippen molar-refractivity contribution >= 4 is 28.1 Å². The summed E-state index contributed by atoms with van der Waals surface area (Å²) in [4.78, 5) is 34.7. The second-order valence-electron chi connectivity index (χ2n) is 11.3. The van der Waals surface area contributed by atoms with Gasteiger partial charge in [-0.25, -0.2) is 9.50 Å². The summed E-state index contributed by atoms with van der Waals surface area (Å²) in [5.41, 5.74) is 10.2. The van der Waals surface area contributed by atoms with E-state index < -0.39 is 11.9 Å². The molecule has 0 saturated heterocycles. The summed E-state index contributed by atoms with van der Waals surface area (Å²) in [5, 5.41) is 12.9. The van der Waals surface area contributed by atoms with E-state index in [1.807, 2.05) is 73.3 Å². The summed E-state index contributed by atoms with van der Waals surface area (Å²) in [6.45, 7) is 9.02. The van der Waals surface area contributed by atoms with Crippen molar-refractivity contribution in [3.05, 3.63) is 118 Å². The van der Waals surface area contributed by atoms with Crippen LogP contribution in [-0.2, 0) is 13.5 Å². The van der Waals surface area contributed by atoms with Crippen LogP contribution in [0, 0.1) is 11.8 Å². The normalized spacial score (nSPS) is 11.9. The van der Waals surface area contributed by atoms with Crippen molar-refractivity contribution in [2.24, 2.45) is 7.05 Å². The molecule has 11 heteroatoms. The Morgan fingerprint density at radius 2 is 1.81 bits per heavy atom. The van der Waals surface area contributed by atoms with Gasteiger partial charge in [0.15, 0.2) is 11.5 Å². The zero-order chi connectivity index (χ0) is 33.1. The molecule has 2 aromatic carbocycles. The number of amides is 1. The topological polar surface area (TPSA) is 128 Å². The van der Waals surface area contributed by atoms with Crippen LogP contribution in [0.2, 0.25) is 0 Å². The van der Waals surface area contributed by atoms with Crippen molar-refractivity contribution < 1.29 is 4.79 Å². The molecule has 1 amide bonds. The molecule has 6 rings (SSSR count). The first-order chi connectivity index (χ1) is 22.8. The Morgan fingerprint density at radius 1 is 1.04 bits per heavy atom. The molecule has 1 atom stereocenters. The summed E-state index contributed by atoms with van der Waals surface area (Å²) in [6.07, 6.45) is 5.86. The van der Waals surface area contributed by atoms with E-state index >= 15 is 0 Å². The Balaban J connectivity index is 1.42. The molecular formula is C36H37N9O2. The van der Waals surface area contributed by atoms with Crippen LogP contribution in [-0.4, -0.2) is 59.4 Å². The number of nitrogen functional groups attached to an aromatic ring is 1. The summed E-state index contributed by atoms with van der Waals surface area (Å²) < 4.78 is 4.97. The molecule has 6 aromatic rings. The number of carbonyl (C=O) groups is 1. The van der Waals surface area contributed by atoms with E-state index in [-0.39, 0.29) is 16.9 Å². The molecular weight excluding hydrogens is 590 g/mol. The van der Waals surface area contributed by atoms with E-state index in [4.69, 9.17) is 5.73 Å². The molecule has 0 spiro atoms. The van der Waals surface area contributed by atoms with Crippen LogP contribution in [0.5, 0.6) is 0 Å². The van der Waals surface area contributed by atoms with E-state index in [1.54, 1.807) is 29.2 Å². The van der Waals surface area contributed by atoms with Crippen molar-refractivity contribution in [3.8, 4) is 17.5 Å². The molecule has 0 bridgehead atoms. The number of carbonyl (C=O) groups excluding carboxylic acids is 1. The average molecular weight is 628 g/mol. The second-order valence-corrected chi connectivity index (χ2v) is 11.3. The van der Waals surface area contributed by atoms with Crippen molar-refractivity contribution in [1.29, 1.82) is 0 Å². The first-order valence-electron chi connectivity index (χ1n) is 15.7. The molecule has 0 saturated carbocycles. The fourth-order valence-corrected chi connectivity index (χ4v) is 5.91. The number of nitrogens with two attached hydrogens (primary N) is 1. The lowest BCUT2D eigenvalue weighted by Gasteiger charge is -2.21. The van der Waals surface area contributed by atoms with Crippen LogP contribution < -0.4 is 16.6 Å². The fraction of sp³-hybridized carbons (Fsp3) is 0.250. The molecule has 11 nitrogen and oxygen atoms in total. The molecule has 0 radical (unpaired) electrons. The summed E-state index contributed by atoms with van der Waals surface area (Å²) >= 11 is 0. The molecule has 3 N–H and O–H groups in total. The third-order valence-corrected chi connectivity index (χ3v) is 8.48. The Kier molecular flexibility index (Phi) is 8.86. The lowest BCUT2D eigenvalue weighted by molar-refractivity contribution is 0.0941. The minimum Gasteiger partial charge on any atom is -0.381 e. The van der Waals surface area contributed by atoms with Crippen LogP contribution in [0.3, 0.4) is 0 Å². The number of likely N-dealkylation sites (N-methyl/N-ethyl adjacent to an activating group) is 1. The Bertz CT molecular complexity index is 2200. The number of nitrogens with one attached hydrogen (secondary N) is 1. The summed E-state index contributed by atoms with van der Waals surface area (Å²) in [5.74, 6) is 6.22. The van der Waals surface area contributed by atoms with Gasteiger partial charge in [0.05, 0.1) is 28.9 Å². The number of hydrogen-bond acceptors (Lipinski definition) is 7. The van der Waals surface area contributed by atoms with Crippen LogP contribution in [0.4, 0.5) is 5.82 Å². The van der Waals surface area contributed by atoms with E-state index in [0.717, 1.165) is 42.7 Å². The number of anilines is 1. The standard InChI is InChI=1S/C36H37N9O2/c1-5-43(6-2)21-18-29-27(23-39-42(29)4)17-16-25-12-10-13-26-22-30(45(36(47)31(25)26)28-14-8-7-9-15-28)24(3)40-35(46)32-33(37)41-44-20-11-19-38-34(32)44/h7-15,19-20,22-24H,5-6,18,21H2,1-4H3,(H2,37,41)(H,40,46)/t24-/m0/s1. The predicted molar refractivity (Wildman–Crippen MR) is 184 cm³/mol. The average Bonchev–Trinajstić information content (AvgIpc) is 3.61. The predicted octanol–water partition coefficient (Wildman–Crippen LogP) is 4.12. The largest absolute Gasteiger partial charge is 0.381 e. The number of fused-ring (bicyclic) bond motifs is 2. The second kappa shape index (κ2) is 13.3. The number of aromatic nitrogens is 6. The van der Waals surface area contributed by atoms with E-state index in [2.05, 4.69) is 51.1 Å². The maximum Gasteiger partial charge on any atom is 0.264 e. The van der Waals surface area contributed by atoms with Crippen LogP contribution in [0.25, 0.3) is 22.1 Å². The molecule has 0 aliphatic carbocycles. The first-order valence-corrected chi connectivity index (χ1v) is 15.7. The number of rotatable bonds is 9. The third-order valence-electron chi connectivity index (χ3n) is 8.48. The quantitative estimate of drug-likeness (QED) is 0.231. The Morgan fingerprint density at radius 3 is 2.57 bits per heavy atom. The molecule has 4 aromatic heterocycles. The maximum absolute atomic E-state index is 14.5. The minimum atomic E-state index is -0.587. The van der Waals surface area contributed by atoms with Gasteiger partial charge in [-0.1, -0.05) is 56.0 Å². The van der Waals surface area contributed by atoms with Crippen LogP contribution >= 0.6 is 0 Å². The van der Waals surface area contributed by atoms with Crippen molar-refractivity contribution in [3.63, 3.8) is 0 Å². The van der Waals surface area contributed by atoms with Gasteiger partial charge in [-0.05, 0) is 55.7 Å². The Labute approximate surface area is 272 Å². The highest BCUT2D eigenvalue weighted by Gasteiger charge is 2.24. The monoisotopic (exact) mass is 627 g/mol. The van der Waals surface area contributed by atoms with E-state index in [9.17, 15) is 9.59 Å². The van der Waals surface area contributed by atoms with Gasteiger partial charge < -0.3 is 16.0 Å². The third kappa shape index (κ3) is 6.11. The van der Waals surface area contributed by atoms with Crippen molar-refractivity contribution in [2.75, 3.05) is 25.4 Å². The number of aryl methyl sites for hydroxylation is 1. The fourth-order valence-electron chi connectivity index (χ4n) is 5.91. The van der Waals surface area contributed by atoms with Crippen LogP contribution in [0.1, 0.15) is 59.7 Å². The molecule has 4 heterocycles. The van der Waals surface area contributed by atoms with Gasteiger partial charge in [0.1, 0.15) is 5.56 Å². The van der Waals surface area contributed by atoms with Crippen LogP contribution in [0.15, 0.2) is 84.0 Å². The van der Waals surface area contributed by atoms with Gasteiger partial charge >= 0.3 is 0 Å². The van der Waals surface area contributed by atoms with Gasteiger partial charge in [0.2, 0.25) is 0 Å². The van der Waals surface area contributed by atoms with E-state index in [1.165, 1.54) is 4.52 Å². The minimum absolute atomic E-state index is 0.0698. The molecule has 0 aliphatic heterocycles. The lowest BCUT2D eigenvalue weighted by atomic mass is 10.0. The highest BCUT2D eigenvalue weighted by Crippen LogP contribution is 2.25. The zero-order valence-electron chi connectivity index (χ0n) is 26.9. The molecule has 0 fully saturated rings. The molecule has 0 aliphatic rings. The molecule has 47 heavy (non-hydrogen) atoms. The van der Waals surface area contributed by atoms with Gasteiger partial charge in [0, 0.05) is 49.4 Å². The van der Waals surface area contributed by atoms with Crippen molar-refractivity contribution in [1.82, 2.24) is 39.2 Å². The first kappa shape index (κ1) is 31.3. The number of benzene rings is 2. The highest BCUT2D eigenvalue weighted by molar-refractivity contribution is 6.04. The molecule has 0 unspecified atom stereocenters. The number of nitrogens with zero attached hydrogens (tertiary/aromatic N) is 7. The van der Waals surface area contributed by atoms with Gasteiger partial charge in [-0.15, -0.1) is 5.10 Å². The number of hydrogen-bond donors (Lipinski definition) is 2. The van der Waals surface area contributed by atoms with Crippen molar-refractivity contribution in [2.45, 2.75) is 33.2 Å². The zero-order valence-corrected chi connectivity index (χ0v) is 26.9. The Hall–Kier alpha value is -5.73. The maximum atomic E-state index is 14.5. The SMILES string of the molecule is CCN(CC)CCc1c(C#Cc2cccc3cc([C@H](C)NC(=O)c4c(N)nn5cccnc45)n(-c4ccccc4)c(=O)c23)cnn1C. The van der Waals surface area contributed by atoms with Gasteiger partial charge in [-0.2, -0.15) is 5.10 Å². The smallest absolute Gasteiger partial charge is 0.264 e. The van der Waals surface area contributed by atoms with Gasteiger partial charge in [0.25, 0.3) is 11.5 Å². The number of pyridine rings is 1. The summed E-state index contributed by atoms with van der Waals surface area (Å²) in [7, 11) is 1.93. The lowest BCUT2D eigenvalue weighted by Crippen LogP contribution is -2.32. The van der Waals surface area contributed by atoms with Gasteiger partial charge in [-0.3, -0.25) is 18.8 Å². The summed E-state index contributed by atoms with van der Waals surface area (Å²) in [6, 6.07) is 18.1. The molecule has 238 valence electrons. The highest BCUT2D eigenvalue weighted by atomic mass is 16.2. The number of para-hydroxylation sites is 1. The van der Waals surface area contributed by atoms with E-state index in [0.29, 0.717) is 28.0 Å².